The normalized spacial score (nSPS) is 11.8. The molecule has 1 heterocycles. The minimum absolute atomic E-state index is 0.0520. The van der Waals surface area contributed by atoms with Crippen molar-refractivity contribution in [2.45, 2.75) is 48.8 Å². The summed E-state index contributed by atoms with van der Waals surface area (Å²) in [6, 6.07) is 7.81. The molecule has 170 valence electrons. The number of nitro benzene ring substituents is 1. The largest absolute Gasteiger partial charge is 0.417 e. The van der Waals surface area contributed by atoms with Gasteiger partial charge in [0.15, 0.2) is 0 Å². The quantitative estimate of drug-likeness (QED) is 0.317. The number of hydrogen-bond donors (Lipinski definition) is 1. The molecule has 0 aliphatic heterocycles. The van der Waals surface area contributed by atoms with Crippen LogP contribution in [-0.2, 0) is 6.18 Å². The summed E-state index contributed by atoms with van der Waals surface area (Å²) in [4.78, 5) is 23.6. The maximum absolute atomic E-state index is 13.2. The van der Waals surface area contributed by atoms with E-state index < -0.39 is 27.4 Å². The number of nitro groups is 1. The predicted octanol–water partition coefficient (Wildman–Crippen LogP) is 6.20. The smallest absolute Gasteiger partial charge is 0.258 e. The van der Waals surface area contributed by atoms with Crippen molar-refractivity contribution in [3.05, 3.63) is 73.1 Å². The molecule has 0 saturated carbocycles. The molecular weight excluding hydrogens is 469 g/mol. The van der Waals surface area contributed by atoms with E-state index in [4.69, 9.17) is 11.6 Å². The molecule has 0 atom stereocenters. The molecule has 0 aliphatic carbocycles. The van der Waals surface area contributed by atoms with Crippen LogP contribution >= 0.6 is 23.4 Å². The number of aromatic amines is 1. The Kier molecular flexibility index (Phi) is 6.99. The van der Waals surface area contributed by atoms with E-state index in [1.165, 1.54) is 12.1 Å². The fraction of sp³-hybridized carbons (Fsp3) is 0.300. The Morgan fingerprint density at radius 1 is 1.22 bits per heavy atom. The van der Waals surface area contributed by atoms with E-state index in [1.807, 2.05) is 13.8 Å². The molecule has 1 aromatic heterocycles. The van der Waals surface area contributed by atoms with E-state index in [0.29, 0.717) is 0 Å². The van der Waals surface area contributed by atoms with Crippen LogP contribution in [-0.4, -0.2) is 19.7 Å². The van der Waals surface area contributed by atoms with Gasteiger partial charge >= 0.3 is 11.9 Å². The highest BCUT2D eigenvalue weighted by molar-refractivity contribution is 7.99. The molecule has 0 amide bonds. The summed E-state index contributed by atoms with van der Waals surface area (Å²) in [7, 11) is 0. The zero-order chi connectivity index (χ0) is 23.6. The first-order valence-corrected chi connectivity index (χ1v) is 10.8. The standard InChI is InChI=1S/C20H18ClF3N4O3S/c1-3-11(4-2)12-5-8-17(16(9-12)28(30)31)32-19-26-25-18(29)27(19)13-6-7-15(21)14(10-13)20(22,23)24/h5-11H,3-4H2,1-2H3,(H,25,29). The molecule has 7 nitrogen and oxygen atoms in total. The molecule has 0 fully saturated rings. The molecule has 0 radical (unpaired) electrons. The third-order valence-corrected chi connectivity index (χ3v) is 6.34. The first-order chi connectivity index (χ1) is 15.1. The second kappa shape index (κ2) is 9.37. The number of halogens is 4. The Bertz CT molecular complexity index is 1210. The molecule has 1 N–H and O–H groups in total. The Morgan fingerprint density at radius 3 is 2.50 bits per heavy atom. The lowest BCUT2D eigenvalue weighted by Gasteiger charge is -2.14. The predicted molar refractivity (Wildman–Crippen MR) is 115 cm³/mol. The summed E-state index contributed by atoms with van der Waals surface area (Å²) < 4.78 is 40.6. The van der Waals surface area contributed by atoms with Crippen molar-refractivity contribution in [1.82, 2.24) is 14.8 Å². The van der Waals surface area contributed by atoms with Gasteiger partial charge in [0.25, 0.3) is 5.69 Å². The van der Waals surface area contributed by atoms with Gasteiger partial charge in [-0.3, -0.25) is 10.1 Å². The minimum atomic E-state index is -4.72. The highest BCUT2D eigenvalue weighted by Gasteiger charge is 2.34. The highest BCUT2D eigenvalue weighted by atomic mass is 35.5. The fourth-order valence-corrected chi connectivity index (χ4v) is 4.49. The lowest BCUT2D eigenvalue weighted by atomic mass is 9.94. The fourth-order valence-electron chi connectivity index (χ4n) is 3.32. The number of alkyl halides is 3. The van der Waals surface area contributed by atoms with E-state index in [-0.39, 0.29) is 27.3 Å². The summed E-state index contributed by atoms with van der Waals surface area (Å²) in [6.45, 7) is 3.98. The molecule has 0 bridgehead atoms. The topological polar surface area (TPSA) is 93.8 Å². The zero-order valence-electron chi connectivity index (χ0n) is 16.9. The number of nitrogens with zero attached hydrogens (tertiary/aromatic N) is 3. The van der Waals surface area contributed by atoms with Gasteiger partial charge in [0.05, 0.1) is 26.1 Å². The van der Waals surface area contributed by atoms with Gasteiger partial charge in [-0.05, 0) is 60.4 Å². The van der Waals surface area contributed by atoms with Gasteiger partial charge in [0, 0.05) is 6.07 Å². The van der Waals surface area contributed by atoms with E-state index in [2.05, 4.69) is 10.2 Å². The lowest BCUT2D eigenvalue weighted by molar-refractivity contribution is -0.387. The Hall–Kier alpha value is -2.79. The van der Waals surface area contributed by atoms with Crippen molar-refractivity contribution >= 4 is 29.1 Å². The molecule has 0 aliphatic rings. The van der Waals surface area contributed by atoms with Crippen LogP contribution in [0, 0.1) is 10.1 Å². The number of rotatable bonds is 7. The summed E-state index contributed by atoms with van der Waals surface area (Å²) in [5, 5.41) is 17.1. The molecule has 12 heteroatoms. The van der Waals surface area contributed by atoms with Crippen molar-refractivity contribution in [3.8, 4) is 5.69 Å². The van der Waals surface area contributed by atoms with Crippen molar-refractivity contribution in [3.63, 3.8) is 0 Å². The van der Waals surface area contributed by atoms with E-state index >= 15 is 0 Å². The molecule has 2 aromatic carbocycles. The third kappa shape index (κ3) is 4.83. The summed E-state index contributed by atoms with van der Waals surface area (Å²) in [5.41, 5.74) is -1.38. The number of benzene rings is 2. The van der Waals surface area contributed by atoms with Crippen molar-refractivity contribution in [1.29, 1.82) is 0 Å². The average Bonchev–Trinajstić information content (AvgIpc) is 3.09. The van der Waals surface area contributed by atoms with Crippen molar-refractivity contribution < 1.29 is 18.1 Å². The average molecular weight is 487 g/mol. The van der Waals surface area contributed by atoms with Gasteiger partial charge in [-0.2, -0.15) is 13.2 Å². The third-order valence-electron chi connectivity index (χ3n) is 4.99. The first-order valence-electron chi connectivity index (χ1n) is 9.57. The molecule has 3 rings (SSSR count). The van der Waals surface area contributed by atoms with Gasteiger partial charge in [-0.1, -0.05) is 31.5 Å². The van der Waals surface area contributed by atoms with E-state index in [9.17, 15) is 28.1 Å². The molecular formula is C20H18ClF3N4O3S. The molecule has 0 unspecified atom stereocenters. The second-order valence-electron chi connectivity index (χ2n) is 6.91. The van der Waals surface area contributed by atoms with Gasteiger partial charge in [0.2, 0.25) is 5.16 Å². The second-order valence-corrected chi connectivity index (χ2v) is 8.32. The van der Waals surface area contributed by atoms with Crippen LogP contribution in [0.2, 0.25) is 5.02 Å². The maximum Gasteiger partial charge on any atom is 0.417 e. The van der Waals surface area contributed by atoms with Gasteiger partial charge in [0.1, 0.15) is 0 Å². The van der Waals surface area contributed by atoms with E-state index in [1.54, 1.807) is 12.1 Å². The van der Waals surface area contributed by atoms with Crippen LogP contribution < -0.4 is 5.69 Å². The van der Waals surface area contributed by atoms with Gasteiger partial charge in [-0.15, -0.1) is 5.10 Å². The minimum Gasteiger partial charge on any atom is -0.258 e. The van der Waals surface area contributed by atoms with Crippen molar-refractivity contribution in [2.24, 2.45) is 0 Å². The highest BCUT2D eigenvalue weighted by Crippen LogP contribution is 2.39. The monoisotopic (exact) mass is 486 g/mol. The molecule has 3 aromatic rings. The van der Waals surface area contributed by atoms with Crippen LogP contribution in [0.25, 0.3) is 5.69 Å². The Labute approximate surface area is 189 Å². The van der Waals surface area contributed by atoms with Gasteiger partial charge < -0.3 is 0 Å². The SMILES string of the molecule is CCC(CC)c1ccc(Sc2n[nH]c(=O)n2-c2ccc(Cl)c(C(F)(F)F)c2)c([N+](=O)[O-])c1. The van der Waals surface area contributed by atoms with Crippen LogP contribution in [0.1, 0.15) is 43.7 Å². The number of nitrogens with one attached hydrogen (secondary N) is 1. The molecule has 0 saturated heterocycles. The van der Waals surface area contributed by atoms with Crippen LogP contribution in [0.3, 0.4) is 0 Å². The molecule has 32 heavy (non-hydrogen) atoms. The van der Waals surface area contributed by atoms with E-state index in [0.717, 1.165) is 46.9 Å². The summed E-state index contributed by atoms with van der Waals surface area (Å²) in [5.74, 6) is 0.158. The summed E-state index contributed by atoms with van der Waals surface area (Å²) in [6.07, 6.45) is -3.09. The maximum atomic E-state index is 13.2. The van der Waals surface area contributed by atoms with Crippen LogP contribution in [0.5, 0.6) is 0 Å². The lowest BCUT2D eigenvalue weighted by Crippen LogP contribution is -2.17. The Balaban J connectivity index is 2.07. The summed E-state index contributed by atoms with van der Waals surface area (Å²) >= 11 is 6.46. The van der Waals surface area contributed by atoms with Crippen molar-refractivity contribution in [2.75, 3.05) is 0 Å². The number of H-pyrrole nitrogens is 1. The Morgan fingerprint density at radius 2 is 1.91 bits per heavy atom. The number of hydrogen-bond acceptors (Lipinski definition) is 5. The number of aromatic nitrogens is 3. The van der Waals surface area contributed by atoms with Crippen LogP contribution in [0.4, 0.5) is 18.9 Å². The van der Waals surface area contributed by atoms with Crippen LogP contribution in [0.15, 0.2) is 51.2 Å². The van der Waals surface area contributed by atoms with Gasteiger partial charge in [-0.25, -0.2) is 14.5 Å². The first kappa shape index (κ1) is 23.9. The molecule has 0 spiro atoms. The zero-order valence-corrected chi connectivity index (χ0v) is 18.5.